The van der Waals surface area contributed by atoms with E-state index in [0.717, 1.165) is 15.4 Å². The van der Waals surface area contributed by atoms with Gasteiger partial charge in [0.05, 0.1) is 20.6 Å². The van der Waals surface area contributed by atoms with Crippen molar-refractivity contribution in [1.82, 2.24) is 0 Å². The van der Waals surface area contributed by atoms with E-state index in [9.17, 15) is 0 Å². The summed E-state index contributed by atoms with van der Waals surface area (Å²) in [5.74, 6) is 0.778. The number of nitrogens with zero attached hydrogens (tertiary/aromatic N) is 1. The van der Waals surface area contributed by atoms with Gasteiger partial charge in [-0.3, -0.25) is 0 Å². The number of hydrogen-bond acceptors (Lipinski definition) is 0. The second-order valence-electron chi connectivity index (χ2n) is 6.98. The fourth-order valence-electron chi connectivity index (χ4n) is 3.31. The molecule has 0 radical (unpaired) electrons. The maximum Gasteiger partial charge on any atom is 0.124 e. The van der Waals surface area contributed by atoms with Gasteiger partial charge in [0.25, 0.3) is 0 Å². The maximum atomic E-state index is 6.03. The molecule has 0 atom stereocenters. The molecule has 0 amide bonds. The van der Waals surface area contributed by atoms with Gasteiger partial charge in [-0.15, -0.1) is 12.4 Å². The third-order valence-corrected chi connectivity index (χ3v) is 5.24. The highest BCUT2D eigenvalue weighted by atomic mass is 35.5. The van der Waals surface area contributed by atoms with Gasteiger partial charge in [-0.1, -0.05) is 37.6 Å². The smallest absolute Gasteiger partial charge is 0.124 e. The highest BCUT2D eigenvalue weighted by Crippen LogP contribution is 2.49. The van der Waals surface area contributed by atoms with Gasteiger partial charge in [-0.25, -0.2) is 0 Å². The minimum absolute atomic E-state index is 0. The first-order valence-corrected chi connectivity index (χ1v) is 7.84. The molecule has 0 aliphatic heterocycles. The summed E-state index contributed by atoms with van der Waals surface area (Å²) in [5, 5.41) is 0.839. The van der Waals surface area contributed by atoms with Gasteiger partial charge < -0.3 is 4.48 Å². The van der Waals surface area contributed by atoms with Crippen molar-refractivity contribution in [2.45, 2.75) is 45.1 Å². The zero-order valence-electron chi connectivity index (χ0n) is 13.2. The normalized spacial score (nSPS) is 17.5. The topological polar surface area (TPSA) is 0 Å². The predicted octanol–water partition coefficient (Wildman–Crippen LogP) is 5.26. The van der Waals surface area contributed by atoms with Gasteiger partial charge in [0.1, 0.15) is 5.54 Å². The third kappa shape index (κ3) is 3.32. The van der Waals surface area contributed by atoms with E-state index in [1.807, 2.05) is 12.1 Å². The molecule has 0 aromatic heterocycles. The third-order valence-electron chi connectivity index (χ3n) is 4.99. The monoisotopic (exact) mass is 316 g/mol. The molecule has 1 aliphatic carbocycles. The second-order valence-corrected chi connectivity index (χ2v) is 7.42. The number of quaternary nitrogens is 1. The molecule has 0 heterocycles. The lowest BCUT2D eigenvalue weighted by molar-refractivity contribution is -0.957. The Hall–Kier alpha value is -0.240. The largest absolute Gasteiger partial charge is 0.320 e. The summed E-state index contributed by atoms with van der Waals surface area (Å²) < 4.78 is 1.10. The Morgan fingerprint density at radius 2 is 1.70 bits per heavy atom. The summed E-state index contributed by atoms with van der Waals surface area (Å²) in [6.07, 6.45) is 5.26. The van der Waals surface area contributed by atoms with Crippen LogP contribution in [0.4, 0.5) is 0 Å². The number of hydrogen-bond donors (Lipinski definition) is 0. The predicted molar refractivity (Wildman–Crippen MR) is 90.7 cm³/mol. The lowest BCUT2D eigenvalue weighted by Crippen LogP contribution is -2.61. The minimum Gasteiger partial charge on any atom is -0.320 e. The molecule has 0 N–H and O–H groups in total. The van der Waals surface area contributed by atoms with Crippen molar-refractivity contribution in [3.63, 3.8) is 0 Å². The van der Waals surface area contributed by atoms with Gasteiger partial charge in [0.2, 0.25) is 0 Å². The van der Waals surface area contributed by atoms with Crippen LogP contribution in [0.25, 0.3) is 0 Å². The Morgan fingerprint density at radius 3 is 2.10 bits per heavy atom. The lowest BCUT2D eigenvalue weighted by atomic mass is 9.69. The van der Waals surface area contributed by atoms with Crippen LogP contribution in [0.3, 0.4) is 0 Å². The average molecular weight is 317 g/mol. The highest BCUT2D eigenvalue weighted by Gasteiger charge is 2.51. The molecule has 1 aromatic carbocycles. The molecule has 1 aliphatic rings. The molecular formula is C17H28Cl2N+. The summed E-state index contributed by atoms with van der Waals surface area (Å²) in [5.41, 5.74) is 1.79. The van der Waals surface area contributed by atoms with Crippen molar-refractivity contribution in [3.05, 3.63) is 34.9 Å². The Morgan fingerprint density at radius 1 is 1.15 bits per heavy atom. The zero-order chi connectivity index (χ0) is 14.1. The Labute approximate surface area is 135 Å². The van der Waals surface area contributed by atoms with Crippen molar-refractivity contribution in [2.24, 2.45) is 5.92 Å². The van der Waals surface area contributed by atoms with Crippen LogP contribution in [0.1, 0.15) is 45.1 Å². The summed E-state index contributed by atoms with van der Waals surface area (Å²) in [7, 11) is 4.80. The van der Waals surface area contributed by atoms with E-state index in [2.05, 4.69) is 40.1 Å². The maximum absolute atomic E-state index is 6.03. The van der Waals surface area contributed by atoms with Crippen LogP contribution < -0.4 is 0 Å². The van der Waals surface area contributed by atoms with Crippen LogP contribution in [-0.4, -0.2) is 25.1 Å². The lowest BCUT2D eigenvalue weighted by Gasteiger charge is -2.54. The van der Waals surface area contributed by atoms with Crippen LogP contribution in [0.5, 0.6) is 0 Å². The van der Waals surface area contributed by atoms with Crippen molar-refractivity contribution in [2.75, 3.05) is 20.6 Å². The molecule has 3 heteroatoms. The zero-order valence-corrected chi connectivity index (χ0v) is 14.7. The summed E-state index contributed by atoms with van der Waals surface area (Å²) in [6.45, 7) is 5.88. The van der Waals surface area contributed by atoms with Crippen molar-refractivity contribution in [1.29, 1.82) is 0 Å². The van der Waals surface area contributed by atoms with E-state index in [1.165, 1.54) is 37.8 Å². The molecule has 1 aromatic rings. The highest BCUT2D eigenvalue weighted by molar-refractivity contribution is 6.30. The van der Waals surface area contributed by atoms with Crippen LogP contribution >= 0.6 is 24.0 Å². The first kappa shape index (κ1) is 17.8. The van der Waals surface area contributed by atoms with Crippen LogP contribution in [0, 0.1) is 5.92 Å². The molecular weight excluding hydrogens is 289 g/mol. The van der Waals surface area contributed by atoms with E-state index >= 15 is 0 Å². The Kier molecular flexibility index (Phi) is 5.95. The van der Waals surface area contributed by atoms with Crippen LogP contribution in [0.2, 0.25) is 5.02 Å². The van der Waals surface area contributed by atoms with Crippen LogP contribution in [0.15, 0.2) is 24.3 Å². The van der Waals surface area contributed by atoms with Gasteiger partial charge in [0, 0.05) is 23.4 Å². The van der Waals surface area contributed by atoms with Gasteiger partial charge in [0.15, 0.2) is 0 Å². The Bertz CT molecular complexity index is 419. The van der Waals surface area contributed by atoms with E-state index in [0.29, 0.717) is 5.54 Å². The van der Waals surface area contributed by atoms with Crippen LogP contribution in [-0.2, 0) is 5.54 Å². The minimum atomic E-state index is 0. The fraction of sp³-hybridized carbons (Fsp3) is 0.647. The molecule has 1 saturated carbocycles. The van der Waals surface area contributed by atoms with Gasteiger partial charge in [-0.05, 0) is 30.9 Å². The number of halogens is 2. The quantitative estimate of drug-likeness (QED) is 0.650. The van der Waals surface area contributed by atoms with E-state index < -0.39 is 0 Å². The molecule has 1 nitrogen and oxygen atoms in total. The molecule has 114 valence electrons. The summed E-state index contributed by atoms with van der Waals surface area (Å²) in [6, 6.07) is 8.55. The molecule has 0 bridgehead atoms. The fourth-order valence-corrected chi connectivity index (χ4v) is 3.44. The van der Waals surface area contributed by atoms with Crippen molar-refractivity contribution in [3.8, 4) is 0 Å². The SMILES string of the molecule is CC(C)CC[N+](C)(C)C1(c2ccc(Cl)cc2)CCC1.Cl. The van der Waals surface area contributed by atoms with Gasteiger partial charge >= 0.3 is 0 Å². The standard InChI is InChI=1S/C17H27ClN.ClH/c1-14(2)10-13-19(3,4)17(11-5-12-17)15-6-8-16(18)9-7-15;/h6-9,14H,5,10-13H2,1-4H3;1H/q+1;. The molecule has 2 rings (SSSR count). The summed E-state index contributed by atoms with van der Waals surface area (Å²) >= 11 is 6.03. The molecule has 20 heavy (non-hydrogen) atoms. The first-order valence-electron chi connectivity index (χ1n) is 7.46. The number of rotatable bonds is 5. The average Bonchev–Trinajstić information content (AvgIpc) is 2.27. The summed E-state index contributed by atoms with van der Waals surface area (Å²) in [4.78, 5) is 0. The van der Waals surface area contributed by atoms with Gasteiger partial charge in [-0.2, -0.15) is 0 Å². The second kappa shape index (κ2) is 6.68. The molecule has 0 spiro atoms. The van der Waals surface area contributed by atoms with Crippen molar-refractivity contribution < 1.29 is 4.48 Å². The molecule has 1 fully saturated rings. The molecule has 0 unspecified atom stereocenters. The van der Waals surface area contributed by atoms with E-state index in [-0.39, 0.29) is 12.4 Å². The number of benzene rings is 1. The van der Waals surface area contributed by atoms with E-state index in [1.54, 1.807) is 0 Å². The first-order chi connectivity index (χ1) is 8.87. The van der Waals surface area contributed by atoms with Crippen molar-refractivity contribution >= 4 is 24.0 Å². The van der Waals surface area contributed by atoms with E-state index in [4.69, 9.17) is 11.6 Å². The Balaban J connectivity index is 0.00000200. The molecule has 0 saturated heterocycles.